The number of carbonyl (C=O) groups is 2. The summed E-state index contributed by atoms with van der Waals surface area (Å²) >= 11 is 0. The van der Waals surface area contributed by atoms with Crippen molar-refractivity contribution in [3.8, 4) is 0 Å². The third-order valence-corrected chi connectivity index (χ3v) is 2.80. The van der Waals surface area contributed by atoms with Crippen LogP contribution in [0.2, 0.25) is 0 Å². The molecule has 0 aliphatic heterocycles. The third-order valence-electron chi connectivity index (χ3n) is 2.80. The van der Waals surface area contributed by atoms with Gasteiger partial charge in [0, 0.05) is 28.0 Å². The first kappa shape index (κ1) is 34.8. The Bertz CT molecular complexity index is 569. The maximum absolute atomic E-state index is 10.6. The Labute approximate surface area is 192 Å². The number of carbonyl (C=O) groups excluding carboxylic acids is 2. The van der Waals surface area contributed by atoms with Crippen molar-refractivity contribution < 1.29 is 40.1 Å². The number of ether oxygens (including phenoxy) is 2. The van der Waals surface area contributed by atoms with E-state index in [-0.39, 0.29) is 38.4 Å². The van der Waals surface area contributed by atoms with E-state index in [9.17, 15) is 9.59 Å². The molecule has 166 valence electrons. The predicted molar refractivity (Wildman–Crippen MR) is 120 cm³/mol. The molecule has 2 aromatic carbocycles. The molecule has 0 N–H and O–H groups in total. The van der Waals surface area contributed by atoms with Crippen molar-refractivity contribution >= 4 is 22.7 Å². The van der Waals surface area contributed by atoms with Gasteiger partial charge in [0.1, 0.15) is 0 Å². The Morgan fingerprint density at radius 3 is 1.24 bits per heavy atom. The molecule has 0 spiro atoms. The van der Waals surface area contributed by atoms with Gasteiger partial charge in [-0.05, 0) is 38.5 Å². The molecule has 2 aromatic rings. The monoisotopic (exact) mass is 576 g/mol. The van der Waals surface area contributed by atoms with Crippen LogP contribution in [0.15, 0.2) is 48.5 Å². The van der Waals surface area contributed by atoms with Gasteiger partial charge in [-0.15, -0.1) is 0 Å². The first-order valence-corrected chi connectivity index (χ1v) is 9.88. The summed E-state index contributed by atoms with van der Waals surface area (Å²) in [6.07, 6.45) is 0. The molecule has 0 saturated carbocycles. The minimum absolute atomic E-state index is 0. The van der Waals surface area contributed by atoms with Crippen molar-refractivity contribution in [3.63, 3.8) is 0 Å². The number of rotatable bonds is 1. The number of fused-ring (bicyclic) bond motifs is 1. The molecule has 0 unspecified atom stereocenters. The van der Waals surface area contributed by atoms with E-state index in [0.29, 0.717) is 6.61 Å². The zero-order chi connectivity index (χ0) is 22.6. The minimum Gasteiger partial charge on any atom is -0.469 e. The van der Waals surface area contributed by atoms with E-state index in [0.717, 1.165) is 0 Å². The van der Waals surface area contributed by atoms with Crippen LogP contribution in [0, 0.1) is 5.41 Å². The summed E-state index contributed by atoms with van der Waals surface area (Å²) in [5.74, 6) is -0.380. The van der Waals surface area contributed by atoms with Crippen molar-refractivity contribution in [1.29, 1.82) is 0 Å². The number of benzene rings is 2. The molecule has 0 aliphatic rings. The SMILES string of the molecule is CC.CC.CCOC(C)=O.COC(=O)C(C)(C)C.[W].c1ccc2ccccc2c1. The predicted octanol–water partition coefficient (Wildman–Crippen LogP) is 6.66. The van der Waals surface area contributed by atoms with Gasteiger partial charge in [-0.1, -0.05) is 76.2 Å². The zero-order valence-electron chi connectivity index (χ0n) is 19.9. The molecule has 0 bridgehead atoms. The fourth-order valence-electron chi connectivity index (χ4n) is 1.64. The van der Waals surface area contributed by atoms with Gasteiger partial charge in [0.15, 0.2) is 0 Å². The molecule has 4 nitrogen and oxygen atoms in total. The van der Waals surface area contributed by atoms with Gasteiger partial charge in [-0.2, -0.15) is 0 Å². The smallest absolute Gasteiger partial charge is 0.310 e. The fraction of sp³-hybridized carbons (Fsp3) is 0.500. The second-order valence-corrected chi connectivity index (χ2v) is 6.01. The summed E-state index contributed by atoms with van der Waals surface area (Å²) in [4.78, 5) is 20.4. The summed E-state index contributed by atoms with van der Waals surface area (Å²) in [6, 6.07) is 16.7. The largest absolute Gasteiger partial charge is 0.469 e. The number of methoxy groups -OCH3 is 1. The summed E-state index contributed by atoms with van der Waals surface area (Å²) in [7, 11) is 1.40. The van der Waals surface area contributed by atoms with Crippen LogP contribution in [0.3, 0.4) is 0 Å². The Balaban J connectivity index is -0.000000150. The van der Waals surface area contributed by atoms with Gasteiger partial charge in [-0.3, -0.25) is 9.59 Å². The molecular weight excluding hydrogens is 536 g/mol. The average Bonchev–Trinajstić information content (AvgIpc) is 2.70. The normalized spacial score (nSPS) is 8.48. The Hall–Kier alpha value is -1.67. The second kappa shape index (κ2) is 22.6. The molecule has 0 atom stereocenters. The molecule has 0 amide bonds. The quantitative estimate of drug-likeness (QED) is 0.356. The van der Waals surface area contributed by atoms with Crippen molar-refractivity contribution in [2.75, 3.05) is 13.7 Å². The van der Waals surface area contributed by atoms with Gasteiger partial charge in [0.2, 0.25) is 0 Å². The van der Waals surface area contributed by atoms with Gasteiger partial charge in [0.05, 0.1) is 19.1 Å². The molecule has 5 heteroatoms. The van der Waals surface area contributed by atoms with E-state index < -0.39 is 0 Å². The van der Waals surface area contributed by atoms with Crippen molar-refractivity contribution in [2.24, 2.45) is 5.41 Å². The Morgan fingerprint density at radius 2 is 1.14 bits per heavy atom. The van der Waals surface area contributed by atoms with Crippen LogP contribution in [0.1, 0.15) is 62.3 Å². The molecule has 0 saturated heterocycles. The minimum atomic E-state index is -0.352. The molecule has 0 radical (unpaired) electrons. The first-order valence-electron chi connectivity index (χ1n) is 9.88. The molecule has 29 heavy (non-hydrogen) atoms. The van der Waals surface area contributed by atoms with Gasteiger partial charge >= 0.3 is 11.9 Å². The van der Waals surface area contributed by atoms with E-state index >= 15 is 0 Å². The van der Waals surface area contributed by atoms with Crippen LogP contribution in [0.25, 0.3) is 10.8 Å². The molecule has 0 heterocycles. The third kappa shape index (κ3) is 20.9. The summed E-state index contributed by atoms with van der Waals surface area (Å²) in [5, 5.41) is 2.62. The Kier molecular flexibility index (Phi) is 27.1. The number of hydrogen-bond acceptors (Lipinski definition) is 4. The maximum Gasteiger partial charge on any atom is 0.310 e. The van der Waals surface area contributed by atoms with Crippen molar-refractivity contribution in [3.05, 3.63) is 48.5 Å². The Morgan fingerprint density at radius 1 is 0.828 bits per heavy atom. The second-order valence-electron chi connectivity index (χ2n) is 6.01. The van der Waals surface area contributed by atoms with E-state index in [4.69, 9.17) is 0 Å². The molecule has 0 fully saturated rings. The fourth-order valence-corrected chi connectivity index (χ4v) is 1.64. The van der Waals surface area contributed by atoms with E-state index in [2.05, 4.69) is 58.0 Å². The van der Waals surface area contributed by atoms with Gasteiger partial charge in [-0.25, -0.2) is 0 Å². The number of hydrogen-bond donors (Lipinski definition) is 0. The van der Waals surface area contributed by atoms with Crippen molar-refractivity contribution in [2.45, 2.75) is 62.3 Å². The molecule has 2 rings (SSSR count). The summed E-state index contributed by atoms with van der Waals surface area (Å²) in [5.41, 5.74) is -0.352. The number of esters is 2. The molecule has 0 aliphatic carbocycles. The van der Waals surface area contributed by atoms with Crippen LogP contribution in [-0.4, -0.2) is 25.7 Å². The van der Waals surface area contributed by atoms with Crippen LogP contribution in [-0.2, 0) is 40.1 Å². The topological polar surface area (TPSA) is 52.6 Å². The van der Waals surface area contributed by atoms with Crippen LogP contribution in [0.4, 0.5) is 0 Å². The van der Waals surface area contributed by atoms with Gasteiger partial charge in [0.25, 0.3) is 0 Å². The van der Waals surface area contributed by atoms with Crippen LogP contribution < -0.4 is 0 Å². The average molecular weight is 576 g/mol. The maximum atomic E-state index is 10.6. The van der Waals surface area contributed by atoms with Crippen molar-refractivity contribution in [1.82, 2.24) is 0 Å². The van der Waals surface area contributed by atoms with Crippen LogP contribution >= 0.6 is 0 Å². The summed E-state index contributed by atoms with van der Waals surface area (Å²) < 4.78 is 8.88. The summed E-state index contributed by atoms with van der Waals surface area (Å²) in [6.45, 7) is 17.1. The standard InChI is InChI=1S/C10H8.C6H12O2.C4H8O2.2C2H6.W/c1-2-6-10-8-4-3-7-9(10)5-1;1-6(2,3)5(7)8-4;1-3-6-4(2)5;2*1-2;/h1-8H;1-4H3;3H2,1-2H3;2*1-2H3;. The van der Waals surface area contributed by atoms with Crippen LogP contribution in [0.5, 0.6) is 0 Å². The molecular formula is C24H40O4W. The van der Waals surface area contributed by atoms with E-state index in [1.807, 2.05) is 48.5 Å². The molecule has 0 aromatic heterocycles. The zero-order valence-corrected chi connectivity index (χ0v) is 22.8. The first-order chi connectivity index (χ1) is 13.2. The van der Waals surface area contributed by atoms with E-state index in [1.165, 1.54) is 24.8 Å². The van der Waals surface area contributed by atoms with E-state index in [1.54, 1.807) is 6.92 Å². The van der Waals surface area contributed by atoms with Gasteiger partial charge < -0.3 is 9.47 Å².